The number of rotatable bonds is 6. The van der Waals surface area contributed by atoms with E-state index in [9.17, 15) is 12.8 Å². The Balaban J connectivity index is 2.11. The van der Waals surface area contributed by atoms with Gasteiger partial charge in [-0.2, -0.15) is 11.3 Å². The molecule has 0 saturated heterocycles. The maximum atomic E-state index is 13.2. The van der Waals surface area contributed by atoms with Crippen molar-refractivity contribution in [3.8, 4) is 0 Å². The predicted octanol–water partition coefficient (Wildman–Crippen LogP) is 1.87. The zero-order valence-electron chi connectivity index (χ0n) is 10.7. The minimum absolute atomic E-state index is 0.0427. The van der Waals surface area contributed by atoms with E-state index in [0.717, 1.165) is 11.6 Å². The van der Waals surface area contributed by atoms with E-state index in [2.05, 4.69) is 4.72 Å². The first-order chi connectivity index (χ1) is 9.53. The van der Waals surface area contributed by atoms with Gasteiger partial charge in [0.15, 0.2) is 0 Å². The summed E-state index contributed by atoms with van der Waals surface area (Å²) in [5.74, 6) is -0.597. The second kappa shape index (κ2) is 6.45. The fourth-order valence-electron chi connectivity index (χ4n) is 1.79. The molecule has 1 aromatic carbocycles. The lowest BCUT2D eigenvalue weighted by Gasteiger charge is -2.10. The molecule has 2 aromatic rings. The van der Waals surface area contributed by atoms with Crippen LogP contribution in [0.25, 0.3) is 0 Å². The Bertz CT molecular complexity index is 670. The molecule has 1 heterocycles. The van der Waals surface area contributed by atoms with Gasteiger partial charge in [0.25, 0.3) is 0 Å². The average Bonchev–Trinajstić information content (AvgIpc) is 2.91. The van der Waals surface area contributed by atoms with Gasteiger partial charge in [-0.1, -0.05) is 6.07 Å². The Morgan fingerprint density at radius 2 is 2.10 bits per heavy atom. The molecule has 4 nitrogen and oxygen atoms in total. The van der Waals surface area contributed by atoms with Gasteiger partial charge in [0, 0.05) is 13.1 Å². The van der Waals surface area contributed by atoms with Crippen LogP contribution in [-0.4, -0.2) is 15.0 Å². The fraction of sp³-hybridized carbons (Fsp3) is 0.231. The summed E-state index contributed by atoms with van der Waals surface area (Å²) in [6, 6.07) is 5.52. The highest BCUT2D eigenvalue weighted by atomic mass is 32.2. The average molecular weight is 314 g/mol. The van der Waals surface area contributed by atoms with Crippen LogP contribution in [0.1, 0.15) is 11.1 Å². The highest BCUT2D eigenvalue weighted by molar-refractivity contribution is 7.89. The number of benzene rings is 1. The maximum Gasteiger partial charge on any atom is 0.241 e. The number of nitrogens with one attached hydrogen (secondary N) is 1. The minimum atomic E-state index is -3.75. The van der Waals surface area contributed by atoms with E-state index in [1.165, 1.54) is 12.1 Å². The van der Waals surface area contributed by atoms with Gasteiger partial charge in [-0.25, -0.2) is 17.5 Å². The molecule has 108 valence electrons. The zero-order chi connectivity index (χ0) is 14.6. The number of thiophene rings is 1. The minimum Gasteiger partial charge on any atom is -0.326 e. The molecule has 0 aliphatic rings. The summed E-state index contributed by atoms with van der Waals surface area (Å²) < 4.78 is 40.0. The van der Waals surface area contributed by atoms with Gasteiger partial charge in [0.05, 0.1) is 4.90 Å². The number of nitrogens with two attached hydrogens (primary N) is 1. The molecule has 7 heteroatoms. The molecular formula is C13H15FN2O2S2. The van der Waals surface area contributed by atoms with E-state index in [1.54, 1.807) is 11.3 Å². The van der Waals surface area contributed by atoms with E-state index in [0.29, 0.717) is 12.0 Å². The molecule has 3 N–H and O–H groups in total. The molecule has 0 saturated carbocycles. The predicted molar refractivity (Wildman–Crippen MR) is 77.5 cm³/mol. The molecule has 0 fully saturated rings. The Labute approximate surface area is 121 Å². The van der Waals surface area contributed by atoms with Crippen LogP contribution in [0.15, 0.2) is 39.9 Å². The molecule has 0 unspecified atom stereocenters. The van der Waals surface area contributed by atoms with Crippen LogP contribution in [0.2, 0.25) is 0 Å². The van der Waals surface area contributed by atoms with Crippen molar-refractivity contribution in [1.29, 1.82) is 0 Å². The van der Waals surface area contributed by atoms with Crippen LogP contribution in [0.3, 0.4) is 0 Å². The van der Waals surface area contributed by atoms with Crippen molar-refractivity contribution in [2.45, 2.75) is 17.9 Å². The van der Waals surface area contributed by atoms with Crippen molar-refractivity contribution in [3.63, 3.8) is 0 Å². The van der Waals surface area contributed by atoms with Gasteiger partial charge >= 0.3 is 0 Å². The van der Waals surface area contributed by atoms with E-state index >= 15 is 0 Å². The SMILES string of the molecule is NCc1ccc(F)cc1S(=O)(=O)NCCc1ccsc1. The molecule has 0 bridgehead atoms. The van der Waals surface area contributed by atoms with Gasteiger partial charge in [-0.05, 0) is 46.5 Å². The van der Waals surface area contributed by atoms with Gasteiger partial charge in [-0.3, -0.25) is 0 Å². The first-order valence-corrected chi connectivity index (χ1v) is 8.45. The molecular weight excluding hydrogens is 299 g/mol. The zero-order valence-corrected chi connectivity index (χ0v) is 12.3. The number of sulfonamides is 1. The third kappa shape index (κ3) is 3.63. The molecule has 0 spiro atoms. The molecule has 0 aliphatic heterocycles. The summed E-state index contributed by atoms with van der Waals surface area (Å²) in [6.45, 7) is 0.306. The maximum absolute atomic E-state index is 13.2. The van der Waals surface area contributed by atoms with Crippen LogP contribution in [0.5, 0.6) is 0 Å². The van der Waals surface area contributed by atoms with E-state index in [1.807, 2.05) is 16.8 Å². The van der Waals surface area contributed by atoms with Crippen molar-refractivity contribution in [2.75, 3.05) is 6.54 Å². The Kier molecular flexibility index (Phi) is 4.87. The molecule has 1 aromatic heterocycles. The normalized spacial score (nSPS) is 11.7. The summed E-state index contributed by atoms with van der Waals surface area (Å²) in [5.41, 5.74) is 6.95. The number of halogens is 1. The van der Waals surface area contributed by atoms with E-state index in [4.69, 9.17) is 5.73 Å². The first-order valence-electron chi connectivity index (χ1n) is 6.02. The number of hydrogen-bond donors (Lipinski definition) is 2. The lowest BCUT2D eigenvalue weighted by atomic mass is 10.2. The third-order valence-electron chi connectivity index (χ3n) is 2.82. The summed E-state index contributed by atoms with van der Waals surface area (Å²) in [4.78, 5) is -0.0923. The molecule has 0 amide bonds. The molecule has 2 rings (SSSR count). The Morgan fingerprint density at radius 1 is 1.30 bits per heavy atom. The highest BCUT2D eigenvalue weighted by Crippen LogP contribution is 2.17. The van der Waals surface area contributed by atoms with Crippen LogP contribution >= 0.6 is 11.3 Å². The third-order valence-corrected chi connectivity index (χ3v) is 5.10. The van der Waals surface area contributed by atoms with Crippen molar-refractivity contribution in [2.24, 2.45) is 5.73 Å². The summed E-state index contributed by atoms with van der Waals surface area (Å²) >= 11 is 1.56. The molecule has 0 radical (unpaired) electrons. The number of hydrogen-bond acceptors (Lipinski definition) is 4. The molecule has 20 heavy (non-hydrogen) atoms. The largest absolute Gasteiger partial charge is 0.326 e. The van der Waals surface area contributed by atoms with Crippen molar-refractivity contribution < 1.29 is 12.8 Å². The van der Waals surface area contributed by atoms with Gasteiger partial charge in [0.2, 0.25) is 10.0 Å². The van der Waals surface area contributed by atoms with Gasteiger partial charge < -0.3 is 5.73 Å². The highest BCUT2D eigenvalue weighted by Gasteiger charge is 2.18. The van der Waals surface area contributed by atoms with Crippen LogP contribution < -0.4 is 10.5 Å². The lowest BCUT2D eigenvalue weighted by Crippen LogP contribution is -2.27. The quantitative estimate of drug-likeness (QED) is 0.855. The van der Waals surface area contributed by atoms with Crippen LogP contribution in [-0.2, 0) is 23.0 Å². The van der Waals surface area contributed by atoms with Crippen molar-refractivity contribution >= 4 is 21.4 Å². The molecule has 0 atom stereocenters. The summed E-state index contributed by atoms with van der Waals surface area (Å²) in [6.07, 6.45) is 0.593. The second-order valence-electron chi connectivity index (χ2n) is 4.24. The Hall–Kier alpha value is -1.28. The van der Waals surface area contributed by atoms with Crippen LogP contribution in [0.4, 0.5) is 4.39 Å². The summed E-state index contributed by atoms with van der Waals surface area (Å²) in [7, 11) is -3.75. The van der Waals surface area contributed by atoms with Crippen molar-refractivity contribution in [1.82, 2.24) is 4.72 Å². The first kappa shape index (κ1) is 15.1. The van der Waals surface area contributed by atoms with Gasteiger partial charge in [0.1, 0.15) is 5.82 Å². The van der Waals surface area contributed by atoms with Crippen molar-refractivity contribution in [3.05, 3.63) is 52.0 Å². The summed E-state index contributed by atoms with van der Waals surface area (Å²) in [5, 5.41) is 3.89. The fourth-order valence-corrected chi connectivity index (χ4v) is 3.78. The molecule has 0 aliphatic carbocycles. The standard InChI is InChI=1S/C13H15FN2O2S2/c14-12-2-1-11(8-15)13(7-12)20(17,18)16-5-3-10-4-6-19-9-10/h1-2,4,6-7,9,16H,3,5,8,15H2. The van der Waals surface area contributed by atoms with Gasteiger partial charge in [-0.15, -0.1) is 0 Å². The van der Waals surface area contributed by atoms with E-state index in [-0.39, 0.29) is 18.0 Å². The van der Waals surface area contributed by atoms with Crippen LogP contribution in [0, 0.1) is 5.82 Å². The smallest absolute Gasteiger partial charge is 0.241 e. The Morgan fingerprint density at radius 3 is 2.75 bits per heavy atom. The topological polar surface area (TPSA) is 72.2 Å². The monoisotopic (exact) mass is 314 g/mol. The lowest BCUT2D eigenvalue weighted by molar-refractivity contribution is 0.576. The second-order valence-corrected chi connectivity index (χ2v) is 6.75. The van der Waals surface area contributed by atoms with E-state index < -0.39 is 15.8 Å².